The highest BCUT2D eigenvalue weighted by Crippen LogP contribution is 2.30. The Labute approximate surface area is 95.1 Å². The highest BCUT2D eigenvalue weighted by molar-refractivity contribution is 5.66. The van der Waals surface area contributed by atoms with Gasteiger partial charge in [0.05, 0.1) is 15.4 Å². The first-order valence-electron chi connectivity index (χ1n) is 4.47. The quantitative estimate of drug-likeness (QED) is 0.448. The van der Waals surface area contributed by atoms with Crippen LogP contribution in [0.3, 0.4) is 0 Å². The summed E-state index contributed by atoms with van der Waals surface area (Å²) < 4.78 is 4.59. The number of carbonyl (C=O) groups is 1. The van der Waals surface area contributed by atoms with Crippen molar-refractivity contribution in [3.8, 4) is 0 Å². The Morgan fingerprint density at radius 2 is 1.94 bits per heavy atom. The van der Waals surface area contributed by atoms with Crippen molar-refractivity contribution >= 4 is 17.3 Å². The van der Waals surface area contributed by atoms with Gasteiger partial charge in [0.15, 0.2) is 0 Å². The SMILES string of the molecule is CC(=O)OCc1cccc([N+](=O)[O-])c1[N+](=O)[O-]. The van der Waals surface area contributed by atoms with Crippen molar-refractivity contribution < 1.29 is 19.4 Å². The zero-order valence-electron chi connectivity index (χ0n) is 8.78. The van der Waals surface area contributed by atoms with Crippen LogP contribution >= 0.6 is 0 Å². The van der Waals surface area contributed by atoms with Crippen LogP contribution in [0.25, 0.3) is 0 Å². The number of para-hydroxylation sites is 1. The molecule has 0 spiro atoms. The maximum atomic E-state index is 10.8. The molecule has 8 nitrogen and oxygen atoms in total. The molecule has 0 radical (unpaired) electrons. The third-order valence-electron chi connectivity index (χ3n) is 1.91. The molecule has 8 heteroatoms. The van der Waals surface area contributed by atoms with Crippen LogP contribution in [0.4, 0.5) is 11.4 Å². The van der Waals surface area contributed by atoms with Gasteiger partial charge in [-0.1, -0.05) is 6.07 Å². The molecule has 0 amide bonds. The number of nitrogens with zero attached hydrogens (tertiary/aromatic N) is 2. The Kier molecular flexibility index (Phi) is 3.70. The monoisotopic (exact) mass is 240 g/mol. The second-order valence-corrected chi connectivity index (χ2v) is 3.08. The molecule has 0 N–H and O–H groups in total. The van der Waals surface area contributed by atoms with E-state index >= 15 is 0 Å². The lowest BCUT2D eigenvalue weighted by molar-refractivity contribution is -0.423. The van der Waals surface area contributed by atoms with E-state index in [1.54, 1.807) is 0 Å². The normalized spacial score (nSPS) is 9.71. The van der Waals surface area contributed by atoms with E-state index in [-0.39, 0.29) is 12.2 Å². The van der Waals surface area contributed by atoms with E-state index in [9.17, 15) is 25.0 Å². The van der Waals surface area contributed by atoms with Crippen LogP contribution in [0.15, 0.2) is 18.2 Å². The van der Waals surface area contributed by atoms with E-state index in [0.29, 0.717) is 0 Å². The lowest BCUT2D eigenvalue weighted by Crippen LogP contribution is -2.04. The maximum Gasteiger partial charge on any atom is 0.352 e. The number of rotatable bonds is 4. The topological polar surface area (TPSA) is 113 Å². The van der Waals surface area contributed by atoms with Crippen molar-refractivity contribution in [1.82, 2.24) is 0 Å². The zero-order chi connectivity index (χ0) is 13.0. The number of ether oxygens (including phenoxy) is 1. The van der Waals surface area contributed by atoms with E-state index in [1.807, 2.05) is 0 Å². The Morgan fingerprint density at radius 3 is 2.41 bits per heavy atom. The Balaban J connectivity index is 3.20. The molecular formula is C9H8N2O6. The van der Waals surface area contributed by atoms with E-state index in [0.717, 1.165) is 13.0 Å². The highest BCUT2D eigenvalue weighted by Gasteiger charge is 2.28. The smallest absolute Gasteiger partial charge is 0.352 e. The van der Waals surface area contributed by atoms with Gasteiger partial charge < -0.3 is 4.74 Å². The molecule has 1 aromatic rings. The van der Waals surface area contributed by atoms with Crippen molar-refractivity contribution in [3.63, 3.8) is 0 Å². The first-order chi connectivity index (χ1) is 7.93. The highest BCUT2D eigenvalue weighted by atomic mass is 16.6. The van der Waals surface area contributed by atoms with Gasteiger partial charge in [0.25, 0.3) is 0 Å². The second kappa shape index (κ2) is 5.01. The van der Waals surface area contributed by atoms with Crippen molar-refractivity contribution in [3.05, 3.63) is 44.0 Å². The van der Waals surface area contributed by atoms with Crippen LogP contribution in [-0.2, 0) is 16.1 Å². The molecule has 0 aliphatic rings. The maximum absolute atomic E-state index is 10.8. The molecule has 0 aliphatic heterocycles. The van der Waals surface area contributed by atoms with Crippen molar-refractivity contribution in [2.75, 3.05) is 0 Å². The lowest BCUT2D eigenvalue weighted by Gasteiger charge is -2.03. The molecule has 0 saturated carbocycles. The molecule has 0 atom stereocenters. The summed E-state index contributed by atoms with van der Waals surface area (Å²) in [7, 11) is 0. The third-order valence-corrected chi connectivity index (χ3v) is 1.91. The molecule has 1 rings (SSSR count). The molecule has 0 aliphatic carbocycles. The van der Waals surface area contributed by atoms with Crippen LogP contribution in [0.5, 0.6) is 0 Å². The molecule has 1 aromatic carbocycles. The molecule has 90 valence electrons. The van der Waals surface area contributed by atoms with Crippen molar-refractivity contribution in [1.29, 1.82) is 0 Å². The minimum absolute atomic E-state index is 0.0144. The molecule has 0 fully saturated rings. The van der Waals surface area contributed by atoms with Crippen LogP contribution in [0.2, 0.25) is 0 Å². The summed E-state index contributed by atoms with van der Waals surface area (Å²) in [6, 6.07) is 3.62. The lowest BCUT2D eigenvalue weighted by atomic mass is 10.1. The van der Waals surface area contributed by atoms with E-state index in [4.69, 9.17) is 0 Å². The first-order valence-corrected chi connectivity index (χ1v) is 4.47. The van der Waals surface area contributed by atoms with Gasteiger partial charge in [-0.05, 0) is 6.07 Å². The molecule has 0 unspecified atom stereocenters. The number of hydrogen-bond donors (Lipinski definition) is 0. The number of nitro groups is 2. The van der Waals surface area contributed by atoms with E-state index < -0.39 is 27.2 Å². The molecule has 0 heterocycles. The Hall–Kier alpha value is -2.51. The van der Waals surface area contributed by atoms with E-state index in [1.165, 1.54) is 12.1 Å². The second-order valence-electron chi connectivity index (χ2n) is 3.08. The zero-order valence-corrected chi connectivity index (χ0v) is 8.78. The Morgan fingerprint density at radius 1 is 1.29 bits per heavy atom. The predicted octanol–water partition coefficient (Wildman–Crippen LogP) is 1.57. The van der Waals surface area contributed by atoms with Gasteiger partial charge in [-0.2, -0.15) is 0 Å². The van der Waals surface area contributed by atoms with Gasteiger partial charge >= 0.3 is 17.3 Å². The number of hydrogen-bond acceptors (Lipinski definition) is 6. The standard InChI is InChI=1S/C9H8N2O6/c1-6(12)17-5-7-3-2-4-8(10(13)14)9(7)11(15)16/h2-4H,5H2,1H3. The number of esters is 1. The van der Waals surface area contributed by atoms with Gasteiger partial charge in [0, 0.05) is 13.0 Å². The fourth-order valence-electron chi connectivity index (χ4n) is 1.23. The minimum Gasteiger partial charge on any atom is -0.461 e. The van der Waals surface area contributed by atoms with Crippen LogP contribution in [0, 0.1) is 20.2 Å². The Bertz CT molecular complexity index is 484. The summed E-state index contributed by atoms with van der Waals surface area (Å²) in [6.45, 7) is 0.774. The van der Waals surface area contributed by atoms with Gasteiger partial charge in [-0.25, -0.2) is 0 Å². The predicted molar refractivity (Wildman–Crippen MR) is 55.2 cm³/mol. The van der Waals surface area contributed by atoms with Crippen LogP contribution in [-0.4, -0.2) is 15.8 Å². The molecule has 0 bridgehead atoms. The summed E-state index contributed by atoms with van der Waals surface area (Å²) >= 11 is 0. The van der Waals surface area contributed by atoms with Crippen molar-refractivity contribution in [2.45, 2.75) is 13.5 Å². The van der Waals surface area contributed by atoms with Gasteiger partial charge in [-0.15, -0.1) is 0 Å². The summed E-state index contributed by atoms with van der Waals surface area (Å²) in [5.41, 5.74) is -1.29. The fraction of sp³-hybridized carbons (Fsp3) is 0.222. The van der Waals surface area contributed by atoms with Gasteiger partial charge in [-0.3, -0.25) is 25.0 Å². The van der Waals surface area contributed by atoms with Gasteiger partial charge in [0.1, 0.15) is 6.61 Å². The molecule has 0 aromatic heterocycles. The minimum atomic E-state index is -0.864. The first kappa shape index (κ1) is 12.6. The molecule has 17 heavy (non-hydrogen) atoms. The van der Waals surface area contributed by atoms with Gasteiger partial charge in [0.2, 0.25) is 0 Å². The molecular weight excluding hydrogens is 232 g/mol. The van der Waals surface area contributed by atoms with E-state index in [2.05, 4.69) is 4.74 Å². The van der Waals surface area contributed by atoms with Crippen LogP contribution < -0.4 is 0 Å². The third kappa shape index (κ3) is 2.97. The van der Waals surface area contributed by atoms with Crippen LogP contribution in [0.1, 0.15) is 12.5 Å². The summed E-state index contributed by atoms with van der Waals surface area (Å²) in [4.78, 5) is 30.2. The summed E-state index contributed by atoms with van der Waals surface area (Å²) in [5, 5.41) is 21.4. The molecule has 0 saturated heterocycles. The average molecular weight is 240 g/mol. The summed E-state index contributed by atoms with van der Waals surface area (Å²) in [5.74, 6) is -0.620. The summed E-state index contributed by atoms with van der Waals surface area (Å²) in [6.07, 6.45) is 0. The number of benzene rings is 1. The van der Waals surface area contributed by atoms with Crippen molar-refractivity contribution in [2.24, 2.45) is 0 Å². The average Bonchev–Trinajstić information content (AvgIpc) is 2.25. The largest absolute Gasteiger partial charge is 0.461 e. The number of carbonyl (C=O) groups excluding carboxylic acids is 1. The fourth-order valence-corrected chi connectivity index (χ4v) is 1.23. The number of nitro benzene ring substituents is 2.